The van der Waals surface area contributed by atoms with E-state index in [-0.39, 0.29) is 12.4 Å². The zero-order chi connectivity index (χ0) is 17.1. The van der Waals surface area contributed by atoms with Crippen LogP contribution in [0.2, 0.25) is 0 Å². The van der Waals surface area contributed by atoms with Crippen molar-refractivity contribution in [1.82, 2.24) is 9.78 Å². The lowest BCUT2D eigenvalue weighted by Crippen LogP contribution is -2.25. The van der Waals surface area contributed by atoms with E-state index in [0.29, 0.717) is 16.8 Å². The standard InChI is InChI=1S/C18H14F2N2O2/c19-14-6-4-12(5-7-14)16-8-9-18(24)22(21-16)11-17(23)13-2-1-3-15(20)10-13/h1-10,17,23H,11H2/t17-/m1/s1. The smallest absolute Gasteiger partial charge is 0.266 e. The molecule has 0 amide bonds. The highest BCUT2D eigenvalue weighted by Gasteiger charge is 2.12. The van der Waals surface area contributed by atoms with Crippen molar-refractivity contribution in [3.63, 3.8) is 0 Å². The second-order valence-electron chi connectivity index (χ2n) is 5.32. The Morgan fingerprint density at radius 1 is 1.00 bits per heavy atom. The minimum Gasteiger partial charge on any atom is -0.386 e. The topological polar surface area (TPSA) is 55.1 Å². The van der Waals surface area contributed by atoms with E-state index in [1.807, 2.05) is 0 Å². The summed E-state index contributed by atoms with van der Waals surface area (Å²) >= 11 is 0. The number of hydrogen-bond acceptors (Lipinski definition) is 3. The average molecular weight is 328 g/mol. The maximum atomic E-state index is 13.2. The molecule has 1 N–H and O–H groups in total. The Hall–Kier alpha value is -2.86. The maximum Gasteiger partial charge on any atom is 0.266 e. The highest BCUT2D eigenvalue weighted by Crippen LogP contribution is 2.18. The Labute approximate surface area is 136 Å². The lowest BCUT2D eigenvalue weighted by molar-refractivity contribution is 0.149. The van der Waals surface area contributed by atoms with Gasteiger partial charge in [-0.05, 0) is 48.0 Å². The molecule has 0 aliphatic carbocycles. The molecular formula is C18H14F2N2O2. The highest BCUT2D eigenvalue weighted by molar-refractivity contribution is 5.57. The van der Waals surface area contributed by atoms with E-state index in [1.54, 1.807) is 18.2 Å². The molecule has 3 aromatic rings. The molecule has 24 heavy (non-hydrogen) atoms. The van der Waals surface area contributed by atoms with Crippen molar-refractivity contribution in [1.29, 1.82) is 0 Å². The van der Waals surface area contributed by atoms with Gasteiger partial charge in [-0.3, -0.25) is 4.79 Å². The van der Waals surface area contributed by atoms with Gasteiger partial charge in [0.25, 0.3) is 5.56 Å². The Bertz CT molecular complexity index is 907. The first-order valence-electron chi connectivity index (χ1n) is 7.30. The minimum absolute atomic E-state index is 0.114. The Kier molecular flexibility index (Phi) is 4.48. The monoisotopic (exact) mass is 328 g/mol. The number of aromatic nitrogens is 2. The molecule has 122 valence electrons. The van der Waals surface area contributed by atoms with Gasteiger partial charge in [-0.25, -0.2) is 13.5 Å². The molecule has 0 unspecified atom stereocenters. The second-order valence-corrected chi connectivity index (χ2v) is 5.32. The van der Waals surface area contributed by atoms with Crippen molar-refractivity contribution in [2.45, 2.75) is 12.6 Å². The zero-order valence-electron chi connectivity index (χ0n) is 12.6. The van der Waals surface area contributed by atoms with Gasteiger partial charge in [-0.1, -0.05) is 12.1 Å². The van der Waals surface area contributed by atoms with Gasteiger partial charge in [0.15, 0.2) is 0 Å². The molecule has 0 spiro atoms. The van der Waals surface area contributed by atoms with E-state index in [2.05, 4.69) is 5.10 Å². The van der Waals surface area contributed by atoms with E-state index in [4.69, 9.17) is 0 Å². The number of halogens is 2. The number of benzene rings is 2. The molecule has 4 nitrogen and oxygen atoms in total. The third-order valence-electron chi connectivity index (χ3n) is 3.59. The summed E-state index contributed by atoms with van der Waals surface area (Å²) in [5, 5.41) is 14.4. The third kappa shape index (κ3) is 3.55. The second kappa shape index (κ2) is 6.72. The van der Waals surface area contributed by atoms with E-state index in [9.17, 15) is 18.7 Å². The zero-order valence-corrected chi connectivity index (χ0v) is 12.6. The molecule has 0 saturated carbocycles. The van der Waals surface area contributed by atoms with E-state index in [0.717, 1.165) is 4.68 Å². The quantitative estimate of drug-likeness (QED) is 0.801. The molecule has 1 heterocycles. The molecule has 0 bridgehead atoms. The van der Waals surface area contributed by atoms with Crippen LogP contribution in [0.3, 0.4) is 0 Å². The summed E-state index contributed by atoms with van der Waals surface area (Å²) in [6, 6.07) is 14.1. The van der Waals surface area contributed by atoms with Crippen LogP contribution >= 0.6 is 0 Å². The Morgan fingerprint density at radius 3 is 2.46 bits per heavy atom. The van der Waals surface area contributed by atoms with Crippen molar-refractivity contribution in [3.8, 4) is 11.3 Å². The molecular weight excluding hydrogens is 314 g/mol. The van der Waals surface area contributed by atoms with Gasteiger partial charge in [0, 0.05) is 11.6 Å². The van der Waals surface area contributed by atoms with Gasteiger partial charge < -0.3 is 5.11 Å². The van der Waals surface area contributed by atoms with Crippen molar-refractivity contribution < 1.29 is 13.9 Å². The Morgan fingerprint density at radius 2 is 1.75 bits per heavy atom. The lowest BCUT2D eigenvalue weighted by atomic mass is 10.1. The van der Waals surface area contributed by atoms with Crippen LogP contribution in [0.1, 0.15) is 11.7 Å². The SMILES string of the molecule is O=c1ccc(-c2ccc(F)cc2)nn1C[C@@H](O)c1cccc(F)c1. The molecule has 6 heteroatoms. The number of rotatable bonds is 4. The lowest BCUT2D eigenvalue weighted by Gasteiger charge is -2.13. The first kappa shape index (κ1) is 16.0. The third-order valence-corrected chi connectivity index (χ3v) is 3.59. The van der Waals surface area contributed by atoms with Crippen molar-refractivity contribution in [3.05, 3.63) is 88.2 Å². The predicted octanol–water partition coefficient (Wildman–Crippen LogP) is 2.92. The number of nitrogens with zero attached hydrogens (tertiary/aromatic N) is 2. The molecule has 0 radical (unpaired) electrons. The normalized spacial score (nSPS) is 12.1. The number of aliphatic hydroxyl groups is 1. The molecule has 0 aliphatic heterocycles. The van der Waals surface area contributed by atoms with Crippen molar-refractivity contribution >= 4 is 0 Å². The van der Waals surface area contributed by atoms with Crippen LogP contribution in [0.5, 0.6) is 0 Å². The van der Waals surface area contributed by atoms with Crippen LogP contribution < -0.4 is 5.56 Å². The van der Waals surface area contributed by atoms with Crippen LogP contribution in [0.4, 0.5) is 8.78 Å². The molecule has 1 aromatic heterocycles. The first-order valence-corrected chi connectivity index (χ1v) is 7.30. The van der Waals surface area contributed by atoms with Gasteiger partial charge in [-0.2, -0.15) is 5.10 Å². The molecule has 0 fully saturated rings. The number of hydrogen-bond donors (Lipinski definition) is 1. The summed E-state index contributed by atoms with van der Waals surface area (Å²) in [7, 11) is 0. The summed E-state index contributed by atoms with van der Waals surface area (Å²) in [4.78, 5) is 11.9. The van der Waals surface area contributed by atoms with Crippen LogP contribution in [-0.4, -0.2) is 14.9 Å². The molecule has 0 aliphatic rings. The van der Waals surface area contributed by atoms with Crippen LogP contribution in [0.25, 0.3) is 11.3 Å². The summed E-state index contributed by atoms with van der Waals surface area (Å²) < 4.78 is 27.3. The van der Waals surface area contributed by atoms with E-state index in [1.165, 1.54) is 42.5 Å². The fraction of sp³-hybridized carbons (Fsp3) is 0.111. The fourth-order valence-electron chi connectivity index (χ4n) is 2.34. The molecule has 2 aromatic carbocycles. The van der Waals surface area contributed by atoms with Crippen molar-refractivity contribution in [2.75, 3.05) is 0 Å². The molecule has 0 saturated heterocycles. The summed E-state index contributed by atoms with van der Waals surface area (Å²) in [6.07, 6.45) is -1.07. The molecule has 1 atom stereocenters. The number of aliphatic hydroxyl groups excluding tert-OH is 1. The van der Waals surface area contributed by atoms with E-state index < -0.39 is 17.5 Å². The summed E-state index contributed by atoms with van der Waals surface area (Å²) in [6.45, 7) is -0.114. The van der Waals surface area contributed by atoms with Gasteiger partial charge in [-0.15, -0.1) is 0 Å². The van der Waals surface area contributed by atoms with Gasteiger partial charge in [0.05, 0.1) is 18.3 Å². The van der Waals surface area contributed by atoms with Gasteiger partial charge in [0.1, 0.15) is 11.6 Å². The molecule has 3 rings (SSSR count). The minimum atomic E-state index is -1.07. The maximum absolute atomic E-state index is 13.2. The summed E-state index contributed by atoms with van der Waals surface area (Å²) in [5.74, 6) is -0.833. The largest absolute Gasteiger partial charge is 0.386 e. The van der Waals surface area contributed by atoms with Crippen LogP contribution in [0.15, 0.2) is 65.5 Å². The average Bonchev–Trinajstić information content (AvgIpc) is 2.57. The van der Waals surface area contributed by atoms with Crippen LogP contribution in [-0.2, 0) is 6.54 Å². The van der Waals surface area contributed by atoms with E-state index >= 15 is 0 Å². The first-order chi connectivity index (χ1) is 11.5. The fourth-order valence-corrected chi connectivity index (χ4v) is 2.34. The van der Waals surface area contributed by atoms with Crippen LogP contribution in [0, 0.1) is 11.6 Å². The van der Waals surface area contributed by atoms with Gasteiger partial charge in [0.2, 0.25) is 0 Å². The van der Waals surface area contributed by atoms with Crippen molar-refractivity contribution in [2.24, 2.45) is 0 Å². The predicted molar refractivity (Wildman–Crippen MR) is 85.3 cm³/mol. The Balaban J connectivity index is 1.89. The van der Waals surface area contributed by atoms with Gasteiger partial charge >= 0.3 is 0 Å². The summed E-state index contributed by atoms with van der Waals surface area (Å²) in [5.41, 5.74) is 1.08. The highest BCUT2D eigenvalue weighted by atomic mass is 19.1.